The van der Waals surface area contributed by atoms with E-state index in [1.165, 1.54) is 0 Å². The fraction of sp³-hybridized carbons (Fsp3) is 0.722. The monoisotopic (exact) mass is 324 g/mol. The zero-order valence-corrected chi connectivity index (χ0v) is 15.0. The number of cyclic esters (lactones) is 1. The molecule has 0 aromatic carbocycles. The van der Waals surface area contributed by atoms with Gasteiger partial charge in [0.05, 0.1) is 12.0 Å². The van der Waals surface area contributed by atoms with Crippen molar-refractivity contribution in [3.8, 4) is 0 Å². The molecule has 1 aliphatic heterocycles. The normalized spacial score (nSPS) is 25.2. The van der Waals surface area contributed by atoms with E-state index in [4.69, 9.17) is 9.47 Å². The third-order valence-corrected chi connectivity index (χ3v) is 4.31. The van der Waals surface area contributed by atoms with E-state index < -0.39 is 17.0 Å². The first-order valence-electron chi connectivity index (χ1n) is 8.03. The molecule has 0 amide bonds. The molecule has 0 radical (unpaired) electrons. The summed E-state index contributed by atoms with van der Waals surface area (Å²) in [6.45, 7) is 11.4. The van der Waals surface area contributed by atoms with Crippen molar-refractivity contribution >= 4 is 17.7 Å². The summed E-state index contributed by atoms with van der Waals surface area (Å²) < 4.78 is 10.3. The smallest absolute Gasteiger partial charge is 0.313 e. The van der Waals surface area contributed by atoms with E-state index in [1.54, 1.807) is 20.8 Å². The SMILES string of the molecule is C/C=C(/C)[C@H]1COC(=O)[C@@]1(C)CCC(=O)CC(=O)OC(C)(C)C. The molecule has 0 spiro atoms. The Hall–Kier alpha value is -1.65. The van der Waals surface area contributed by atoms with Crippen LogP contribution in [-0.2, 0) is 23.9 Å². The average molecular weight is 324 g/mol. The van der Waals surface area contributed by atoms with Crippen LogP contribution in [-0.4, -0.2) is 29.9 Å². The third kappa shape index (κ3) is 5.19. The van der Waals surface area contributed by atoms with Gasteiger partial charge in [0.25, 0.3) is 0 Å². The predicted octanol–water partition coefficient (Wildman–Crippen LogP) is 3.21. The molecule has 1 fully saturated rings. The minimum Gasteiger partial charge on any atom is -0.465 e. The summed E-state index contributed by atoms with van der Waals surface area (Å²) in [7, 11) is 0. The first kappa shape index (κ1) is 19.4. The summed E-state index contributed by atoms with van der Waals surface area (Å²) in [4.78, 5) is 35.8. The van der Waals surface area contributed by atoms with Crippen molar-refractivity contribution in [1.82, 2.24) is 0 Å². The van der Waals surface area contributed by atoms with Gasteiger partial charge in [-0.15, -0.1) is 0 Å². The molecule has 0 aromatic rings. The molecular formula is C18H28O5. The Morgan fingerprint density at radius 2 is 2.00 bits per heavy atom. The Morgan fingerprint density at radius 3 is 2.52 bits per heavy atom. The number of carbonyl (C=O) groups excluding carboxylic acids is 3. The van der Waals surface area contributed by atoms with Gasteiger partial charge in [0, 0.05) is 12.3 Å². The number of ketones is 1. The van der Waals surface area contributed by atoms with Gasteiger partial charge in [-0.2, -0.15) is 0 Å². The van der Waals surface area contributed by atoms with Gasteiger partial charge in [-0.25, -0.2) is 0 Å². The van der Waals surface area contributed by atoms with Gasteiger partial charge >= 0.3 is 11.9 Å². The Morgan fingerprint density at radius 1 is 1.39 bits per heavy atom. The number of hydrogen-bond acceptors (Lipinski definition) is 5. The fourth-order valence-corrected chi connectivity index (χ4v) is 2.79. The maximum atomic E-state index is 12.1. The van der Waals surface area contributed by atoms with Gasteiger partial charge in [0.2, 0.25) is 0 Å². The van der Waals surface area contributed by atoms with Crippen molar-refractivity contribution in [2.75, 3.05) is 6.61 Å². The minimum absolute atomic E-state index is 0.0191. The lowest BCUT2D eigenvalue weighted by Gasteiger charge is -2.27. The average Bonchev–Trinajstić information content (AvgIpc) is 2.70. The highest BCUT2D eigenvalue weighted by molar-refractivity contribution is 5.96. The quantitative estimate of drug-likeness (QED) is 0.426. The van der Waals surface area contributed by atoms with Gasteiger partial charge in [0.15, 0.2) is 0 Å². The lowest BCUT2D eigenvalue weighted by Crippen LogP contribution is -2.32. The maximum absolute atomic E-state index is 12.1. The number of carbonyl (C=O) groups is 3. The highest BCUT2D eigenvalue weighted by Crippen LogP contribution is 2.43. The van der Waals surface area contributed by atoms with Crippen LogP contribution >= 0.6 is 0 Å². The van der Waals surface area contributed by atoms with Crippen LogP contribution < -0.4 is 0 Å². The summed E-state index contributed by atoms with van der Waals surface area (Å²) in [5.41, 5.74) is -0.231. The second-order valence-electron chi connectivity index (χ2n) is 7.40. The van der Waals surface area contributed by atoms with Gasteiger partial charge in [-0.3, -0.25) is 14.4 Å². The second kappa shape index (κ2) is 7.28. The van der Waals surface area contributed by atoms with E-state index in [-0.39, 0.29) is 30.5 Å². The summed E-state index contributed by atoms with van der Waals surface area (Å²) >= 11 is 0. The van der Waals surface area contributed by atoms with E-state index in [2.05, 4.69) is 0 Å². The molecule has 1 heterocycles. The number of hydrogen-bond donors (Lipinski definition) is 0. The molecule has 1 aliphatic rings. The molecule has 5 nitrogen and oxygen atoms in total. The van der Waals surface area contributed by atoms with Crippen LogP contribution in [0, 0.1) is 11.3 Å². The number of Topliss-reactive ketones (excluding diaryl/α,β-unsaturated/α-hetero) is 1. The van der Waals surface area contributed by atoms with Gasteiger partial charge in [0.1, 0.15) is 17.8 Å². The highest BCUT2D eigenvalue weighted by Gasteiger charge is 2.48. The van der Waals surface area contributed by atoms with Crippen LogP contribution in [0.4, 0.5) is 0 Å². The number of rotatable bonds is 6. The molecule has 0 aliphatic carbocycles. The van der Waals surface area contributed by atoms with E-state index in [1.807, 2.05) is 26.8 Å². The molecule has 1 saturated heterocycles. The lowest BCUT2D eigenvalue weighted by atomic mass is 9.72. The van der Waals surface area contributed by atoms with Crippen LogP contribution in [0.2, 0.25) is 0 Å². The van der Waals surface area contributed by atoms with Crippen molar-refractivity contribution in [1.29, 1.82) is 0 Å². The topological polar surface area (TPSA) is 69.7 Å². The van der Waals surface area contributed by atoms with Crippen molar-refractivity contribution in [3.63, 3.8) is 0 Å². The molecule has 5 heteroatoms. The lowest BCUT2D eigenvalue weighted by molar-refractivity contribution is -0.156. The van der Waals surface area contributed by atoms with Crippen molar-refractivity contribution in [2.24, 2.45) is 11.3 Å². The first-order chi connectivity index (χ1) is 10.5. The molecule has 1 rings (SSSR count). The van der Waals surface area contributed by atoms with Crippen molar-refractivity contribution in [3.05, 3.63) is 11.6 Å². The van der Waals surface area contributed by atoms with Crippen LogP contribution in [0.1, 0.15) is 60.8 Å². The summed E-state index contributed by atoms with van der Waals surface area (Å²) in [5, 5.41) is 0. The Balaban J connectivity index is 2.63. The standard InChI is InChI=1S/C18H28O5/c1-7-12(2)14-11-22-16(21)18(14,6)9-8-13(19)10-15(20)23-17(3,4)5/h7,14H,8-11H2,1-6H3/b12-7-/t14-,18+/m1/s1. The summed E-state index contributed by atoms with van der Waals surface area (Å²) in [6, 6.07) is 0. The number of ether oxygens (including phenoxy) is 2. The molecule has 0 saturated carbocycles. The van der Waals surface area contributed by atoms with Crippen LogP contribution in [0.25, 0.3) is 0 Å². The Kier molecular flexibility index (Phi) is 6.14. The minimum atomic E-state index is -0.708. The van der Waals surface area contributed by atoms with Crippen LogP contribution in [0.3, 0.4) is 0 Å². The first-order valence-corrected chi connectivity index (χ1v) is 8.03. The molecular weight excluding hydrogens is 296 g/mol. The largest absolute Gasteiger partial charge is 0.465 e. The van der Waals surface area contributed by atoms with Gasteiger partial charge in [-0.1, -0.05) is 11.6 Å². The van der Waals surface area contributed by atoms with Crippen molar-refractivity contribution < 1.29 is 23.9 Å². The van der Waals surface area contributed by atoms with E-state index in [0.29, 0.717) is 13.0 Å². The Bertz CT molecular complexity index is 512. The molecule has 0 aromatic heterocycles. The summed E-state index contributed by atoms with van der Waals surface area (Å²) in [5.74, 6) is -1.03. The van der Waals surface area contributed by atoms with Crippen LogP contribution in [0.5, 0.6) is 0 Å². The zero-order chi connectivity index (χ0) is 17.8. The van der Waals surface area contributed by atoms with Gasteiger partial charge < -0.3 is 9.47 Å². The van der Waals surface area contributed by atoms with E-state index >= 15 is 0 Å². The summed E-state index contributed by atoms with van der Waals surface area (Å²) in [6.07, 6.45) is 2.25. The number of allylic oxidation sites excluding steroid dienone is 1. The van der Waals surface area contributed by atoms with Crippen LogP contribution in [0.15, 0.2) is 11.6 Å². The van der Waals surface area contributed by atoms with E-state index in [0.717, 1.165) is 5.57 Å². The Labute approximate surface area is 138 Å². The molecule has 130 valence electrons. The molecule has 2 atom stereocenters. The third-order valence-electron chi connectivity index (χ3n) is 4.31. The second-order valence-corrected chi connectivity index (χ2v) is 7.40. The van der Waals surface area contributed by atoms with E-state index in [9.17, 15) is 14.4 Å². The fourth-order valence-electron chi connectivity index (χ4n) is 2.79. The number of esters is 2. The molecule has 0 N–H and O–H groups in total. The predicted molar refractivity (Wildman–Crippen MR) is 86.7 cm³/mol. The molecule has 0 bridgehead atoms. The molecule has 23 heavy (non-hydrogen) atoms. The zero-order valence-electron chi connectivity index (χ0n) is 15.0. The molecule has 0 unspecified atom stereocenters. The van der Waals surface area contributed by atoms with Gasteiger partial charge in [-0.05, 0) is 48.0 Å². The van der Waals surface area contributed by atoms with Crippen molar-refractivity contribution in [2.45, 2.75) is 66.4 Å². The highest BCUT2D eigenvalue weighted by atomic mass is 16.6. The maximum Gasteiger partial charge on any atom is 0.313 e.